The van der Waals surface area contributed by atoms with Gasteiger partial charge >= 0.3 is 5.97 Å². The number of hydrogen-bond donors (Lipinski definition) is 1. The fourth-order valence-corrected chi connectivity index (χ4v) is 1.34. The lowest BCUT2D eigenvalue weighted by atomic mass is 10.1. The molecule has 1 N–H and O–H groups in total. The summed E-state index contributed by atoms with van der Waals surface area (Å²) in [5.41, 5.74) is -1.19. The number of carboxylic acid groups (broad SMARTS) is 1. The summed E-state index contributed by atoms with van der Waals surface area (Å²) >= 11 is 2.11. The number of ether oxygens (including phenoxy) is 1. The maximum absolute atomic E-state index is 10.8. The molecule has 0 bridgehead atoms. The van der Waals surface area contributed by atoms with Gasteiger partial charge in [0.25, 0.3) is 0 Å². The Morgan fingerprint density at radius 2 is 2.00 bits per heavy atom. The topological polar surface area (TPSA) is 46.5 Å². The molecule has 0 saturated heterocycles. The third kappa shape index (κ3) is 2.60. The third-order valence-electron chi connectivity index (χ3n) is 1.72. The van der Waals surface area contributed by atoms with Gasteiger partial charge in [0.2, 0.25) is 0 Å². The number of rotatable bonds is 3. The van der Waals surface area contributed by atoms with E-state index in [1.165, 1.54) is 13.8 Å². The smallest absolute Gasteiger partial charge is 0.347 e. The van der Waals surface area contributed by atoms with Gasteiger partial charge in [-0.05, 0) is 48.6 Å². The van der Waals surface area contributed by atoms with E-state index in [0.717, 1.165) is 3.57 Å². The molecule has 1 rings (SSSR count). The first-order valence-corrected chi connectivity index (χ1v) is 5.18. The molecule has 1 aromatic carbocycles. The van der Waals surface area contributed by atoms with Crippen molar-refractivity contribution in [3.05, 3.63) is 27.8 Å². The average Bonchev–Trinajstić information content (AvgIpc) is 2.08. The van der Waals surface area contributed by atoms with Crippen LogP contribution in [0.4, 0.5) is 0 Å². The molecule has 14 heavy (non-hydrogen) atoms. The lowest BCUT2D eigenvalue weighted by Gasteiger charge is -2.22. The number of carbonyl (C=O) groups is 1. The maximum atomic E-state index is 10.8. The Kier molecular flexibility index (Phi) is 3.36. The molecular formula is C10H11IO3. The van der Waals surface area contributed by atoms with Gasteiger partial charge < -0.3 is 9.84 Å². The normalized spacial score (nSPS) is 11.1. The first-order chi connectivity index (χ1) is 6.43. The van der Waals surface area contributed by atoms with Crippen molar-refractivity contribution in [3.8, 4) is 5.75 Å². The van der Waals surface area contributed by atoms with Crippen molar-refractivity contribution in [2.24, 2.45) is 0 Å². The van der Waals surface area contributed by atoms with Gasteiger partial charge in [-0.25, -0.2) is 4.79 Å². The minimum atomic E-state index is -1.19. The molecule has 76 valence electrons. The van der Waals surface area contributed by atoms with Crippen molar-refractivity contribution >= 4 is 28.6 Å². The molecule has 0 spiro atoms. The van der Waals surface area contributed by atoms with Crippen LogP contribution >= 0.6 is 22.6 Å². The van der Waals surface area contributed by atoms with Crippen molar-refractivity contribution < 1.29 is 14.6 Å². The fraction of sp³-hybridized carbons (Fsp3) is 0.300. The van der Waals surface area contributed by atoms with Crippen LogP contribution in [0.2, 0.25) is 0 Å². The van der Waals surface area contributed by atoms with E-state index in [1.807, 2.05) is 18.2 Å². The number of hydrogen-bond acceptors (Lipinski definition) is 2. The summed E-state index contributed by atoms with van der Waals surface area (Å²) in [6, 6.07) is 7.32. The second-order valence-electron chi connectivity index (χ2n) is 3.35. The Labute approximate surface area is 96.2 Å². The molecule has 4 heteroatoms. The molecule has 0 fully saturated rings. The quantitative estimate of drug-likeness (QED) is 0.873. The van der Waals surface area contributed by atoms with E-state index < -0.39 is 11.6 Å². The molecule has 0 aliphatic carbocycles. The van der Waals surface area contributed by atoms with E-state index >= 15 is 0 Å². The van der Waals surface area contributed by atoms with E-state index in [4.69, 9.17) is 9.84 Å². The Morgan fingerprint density at radius 3 is 2.50 bits per heavy atom. The summed E-state index contributed by atoms with van der Waals surface area (Å²) in [5, 5.41) is 8.87. The second-order valence-corrected chi connectivity index (χ2v) is 4.51. The molecule has 1 aromatic rings. The van der Waals surface area contributed by atoms with Crippen molar-refractivity contribution in [2.75, 3.05) is 0 Å². The number of carboxylic acids is 1. The molecule has 0 unspecified atom stereocenters. The minimum absolute atomic E-state index is 0.598. The van der Waals surface area contributed by atoms with Crippen LogP contribution in [-0.2, 0) is 4.79 Å². The fourth-order valence-electron chi connectivity index (χ4n) is 0.846. The molecule has 0 aliphatic heterocycles. The summed E-state index contributed by atoms with van der Waals surface area (Å²) in [7, 11) is 0. The van der Waals surface area contributed by atoms with Crippen LogP contribution in [-0.4, -0.2) is 16.7 Å². The van der Waals surface area contributed by atoms with E-state index in [-0.39, 0.29) is 0 Å². The van der Waals surface area contributed by atoms with Gasteiger partial charge in [-0.2, -0.15) is 0 Å². The highest BCUT2D eigenvalue weighted by Gasteiger charge is 2.29. The molecule has 0 amide bonds. The monoisotopic (exact) mass is 306 g/mol. The van der Waals surface area contributed by atoms with Gasteiger partial charge in [0, 0.05) is 0 Å². The zero-order valence-corrected chi connectivity index (χ0v) is 10.1. The average molecular weight is 306 g/mol. The molecule has 0 heterocycles. The Bertz CT molecular complexity index is 347. The molecule has 0 saturated carbocycles. The standard InChI is InChI=1S/C10H11IO3/c1-10(2,9(12)13)14-8-6-4-3-5-7(8)11/h3-6H,1-2H3,(H,12,13). The lowest BCUT2D eigenvalue weighted by molar-refractivity contribution is -0.152. The van der Waals surface area contributed by atoms with E-state index in [2.05, 4.69) is 22.6 Å². The van der Waals surface area contributed by atoms with Crippen LogP contribution in [0.25, 0.3) is 0 Å². The van der Waals surface area contributed by atoms with E-state index in [1.54, 1.807) is 6.07 Å². The van der Waals surface area contributed by atoms with Gasteiger partial charge in [0.15, 0.2) is 5.60 Å². The van der Waals surface area contributed by atoms with Crippen LogP contribution in [0, 0.1) is 3.57 Å². The first kappa shape index (κ1) is 11.3. The van der Waals surface area contributed by atoms with Crippen LogP contribution in [0.3, 0.4) is 0 Å². The Hall–Kier alpha value is -0.780. The van der Waals surface area contributed by atoms with Gasteiger partial charge in [-0.3, -0.25) is 0 Å². The van der Waals surface area contributed by atoms with Gasteiger partial charge in [-0.15, -0.1) is 0 Å². The summed E-state index contributed by atoms with van der Waals surface area (Å²) in [6.07, 6.45) is 0. The molecule has 0 aliphatic rings. The predicted octanol–water partition coefficient (Wildman–Crippen LogP) is 2.53. The molecule has 0 aromatic heterocycles. The number of benzene rings is 1. The summed E-state index contributed by atoms with van der Waals surface area (Å²) in [4.78, 5) is 10.8. The number of aliphatic carboxylic acids is 1. The molecule has 0 radical (unpaired) electrons. The minimum Gasteiger partial charge on any atom is -0.478 e. The van der Waals surface area contributed by atoms with Gasteiger partial charge in [0.1, 0.15) is 5.75 Å². The van der Waals surface area contributed by atoms with Crippen molar-refractivity contribution in [2.45, 2.75) is 19.4 Å². The zero-order chi connectivity index (χ0) is 10.8. The van der Waals surface area contributed by atoms with Gasteiger partial charge in [-0.1, -0.05) is 12.1 Å². The van der Waals surface area contributed by atoms with Crippen molar-refractivity contribution in [1.29, 1.82) is 0 Å². The Morgan fingerprint density at radius 1 is 1.43 bits per heavy atom. The maximum Gasteiger partial charge on any atom is 0.347 e. The molecule has 0 atom stereocenters. The third-order valence-corrected chi connectivity index (χ3v) is 2.61. The highest BCUT2D eigenvalue weighted by Crippen LogP contribution is 2.24. The van der Waals surface area contributed by atoms with Crippen LogP contribution in [0.15, 0.2) is 24.3 Å². The van der Waals surface area contributed by atoms with Crippen molar-refractivity contribution in [1.82, 2.24) is 0 Å². The van der Waals surface area contributed by atoms with E-state index in [0.29, 0.717) is 5.75 Å². The molecular weight excluding hydrogens is 295 g/mol. The number of halogens is 1. The zero-order valence-electron chi connectivity index (χ0n) is 7.95. The highest BCUT2D eigenvalue weighted by atomic mass is 127. The Balaban J connectivity index is 2.89. The summed E-state index contributed by atoms with van der Waals surface area (Å²) < 4.78 is 6.29. The predicted molar refractivity (Wildman–Crippen MR) is 61.5 cm³/mol. The first-order valence-electron chi connectivity index (χ1n) is 4.10. The number of para-hydroxylation sites is 1. The summed E-state index contributed by atoms with van der Waals surface area (Å²) in [5.74, 6) is -0.377. The molecule has 3 nitrogen and oxygen atoms in total. The lowest BCUT2D eigenvalue weighted by Crippen LogP contribution is -2.38. The van der Waals surface area contributed by atoms with Crippen molar-refractivity contribution in [3.63, 3.8) is 0 Å². The van der Waals surface area contributed by atoms with E-state index in [9.17, 15) is 4.79 Å². The van der Waals surface area contributed by atoms with Gasteiger partial charge in [0.05, 0.1) is 3.57 Å². The summed E-state index contributed by atoms with van der Waals surface area (Å²) in [6.45, 7) is 3.05. The highest BCUT2D eigenvalue weighted by molar-refractivity contribution is 14.1. The largest absolute Gasteiger partial charge is 0.478 e. The second kappa shape index (κ2) is 4.16. The SMILES string of the molecule is CC(C)(Oc1ccccc1I)C(=O)O. The van der Waals surface area contributed by atoms with Crippen LogP contribution in [0.1, 0.15) is 13.8 Å². The van der Waals surface area contributed by atoms with Crippen LogP contribution < -0.4 is 4.74 Å². The van der Waals surface area contributed by atoms with Crippen LogP contribution in [0.5, 0.6) is 5.75 Å².